The Morgan fingerprint density at radius 1 is 1.12 bits per heavy atom. The summed E-state index contributed by atoms with van der Waals surface area (Å²) >= 11 is 1.28. The molecule has 1 aliphatic rings. The van der Waals surface area contributed by atoms with Gasteiger partial charge in [0.2, 0.25) is 11.8 Å². The van der Waals surface area contributed by atoms with Crippen molar-refractivity contribution in [1.82, 2.24) is 15.1 Å². The van der Waals surface area contributed by atoms with Gasteiger partial charge < -0.3 is 16.4 Å². The van der Waals surface area contributed by atoms with Crippen LogP contribution in [0, 0.1) is 0 Å². The van der Waals surface area contributed by atoms with E-state index in [9.17, 15) is 14.4 Å². The number of nitrogens with two attached hydrogens (primary N) is 1. The molecule has 0 atom stereocenters. The van der Waals surface area contributed by atoms with Gasteiger partial charge in [0.15, 0.2) is 0 Å². The second kappa shape index (κ2) is 9.50. The monoisotopic (exact) mass is 367 g/mol. The molecule has 0 radical (unpaired) electrons. The minimum absolute atomic E-state index is 0.0460. The van der Waals surface area contributed by atoms with E-state index in [1.807, 2.05) is 11.8 Å². The van der Waals surface area contributed by atoms with Gasteiger partial charge in [-0.1, -0.05) is 6.92 Å². The van der Waals surface area contributed by atoms with Gasteiger partial charge in [0, 0.05) is 32.7 Å². The first-order valence-corrected chi connectivity index (χ1v) is 9.26. The summed E-state index contributed by atoms with van der Waals surface area (Å²) in [6, 6.07) is 1.60. The molecule has 1 aromatic heterocycles. The smallest absolute Gasteiger partial charge is 0.251 e. The molecule has 138 valence electrons. The highest BCUT2D eigenvalue weighted by Crippen LogP contribution is 2.22. The first kappa shape index (κ1) is 19.4. The molecule has 8 nitrogen and oxygen atoms in total. The number of rotatable bonds is 8. The van der Waals surface area contributed by atoms with Crippen molar-refractivity contribution in [2.75, 3.05) is 51.1 Å². The van der Waals surface area contributed by atoms with E-state index in [0.717, 1.165) is 32.6 Å². The molecule has 1 fully saturated rings. The van der Waals surface area contributed by atoms with Gasteiger partial charge in [-0.3, -0.25) is 24.2 Å². The number of hydrogen-bond acceptors (Lipinski definition) is 6. The van der Waals surface area contributed by atoms with Crippen LogP contribution in [0.4, 0.5) is 5.00 Å². The maximum atomic E-state index is 12.2. The zero-order chi connectivity index (χ0) is 18.2. The quantitative estimate of drug-likeness (QED) is 0.596. The largest absolute Gasteiger partial charge is 0.366 e. The first-order chi connectivity index (χ1) is 12.0. The second-order valence-corrected chi connectivity index (χ2v) is 6.89. The van der Waals surface area contributed by atoms with Crippen molar-refractivity contribution < 1.29 is 14.4 Å². The Bertz CT molecular complexity index is 611. The van der Waals surface area contributed by atoms with E-state index in [0.29, 0.717) is 23.7 Å². The zero-order valence-electron chi connectivity index (χ0n) is 14.4. The van der Waals surface area contributed by atoms with E-state index in [4.69, 9.17) is 5.73 Å². The Morgan fingerprint density at radius 3 is 2.28 bits per heavy atom. The predicted octanol–water partition coefficient (Wildman–Crippen LogP) is -0.0707. The molecule has 9 heteroatoms. The molecule has 0 aromatic carbocycles. The van der Waals surface area contributed by atoms with E-state index in [1.165, 1.54) is 11.3 Å². The lowest BCUT2D eigenvalue weighted by Gasteiger charge is -2.33. The molecular weight excluding hydrogens is 342 g/mol. The normalized spacial score (nSPS) is 15.7. The Morgan fingerprint density at radius 2 is 1.72 bits per heavy atom. The molecule has 0 saturated carbocycles. The van der Waals surface area contributed by atoms with Crippen molar-refractivity contribution in [2.45, 2.75) is 13.3 Å². The van der Waals surface area contributed by atoms with Gasteiger partial charge >= 0.3 is 0 Å². The number of carbonyl (C=O) groups excluding carboxylic acids is 3. The Hall–Kier alpha value is -1.97. The van der Waals surface area contributed by atoms with Gasteiger partial charge in [0.25, 0.3) is 5.91 Å². The number of primary amides is 1. The predicted molar refractivity (Wildman–Crippen MR) is 97.6 cm³/mol. The van der Waals surface area contributed by atoms with Crippen LogP contribution in [0.25, 0.3) is 0 Å². The summed E-state index contributed by atoms with van der Waals surface area (Å²) in [5, 5.41) is 7.82. The summed E-state index contributed by atoms with van der Waals surface area (Å²) in [7, 11) is 0. The van der Waals surface area contributed by atoms with Gasteiger partial charge in [-0.15, -0.1) is 11.3 Å². The highest BCUT2D eigenvalue weighted by atomic mass is 32.1. The standard InChI is InChI=1S/C16H25N5O3S/c1-2-4-18-13(22)10-20-5-7-21(8-6-20)11-14(23)19-16-12(15(17)24)3-9-25-16/h3,9H,2,4-8,10-11H2,1H3,(H2,17,24)(H,18,22)(H,19,23). The minimum atomic E-state index is -0.550. The summed E-state index contributed by atoms with van der Waals surface area (Å²) < 4.78 is 0. The van der Waals surface area contributed by atoms with Crippen LogP contribution in [0.15, 0.2) is 11.4 Å². The van der Waals surface area contributed by atoms with E-state index in [2.05, 4.69) is 15.5 Å². The number of thiophene rings is 1. The fourth-order valence-electron chi connectivity index (χ4n) is 2.60. The molecule has 4 N–H and O–H groups in total. The molecule has 3 amide bonds. The SMILES string of the molecule is CCCNC(=O)CN1CCN(CC(=O)Nc2sccc2C(N)=O)CC1. The molecule has 2 rings (SSSR count). The van der Waals surface area contributed by atoms with Crippen LogP contribution < -0.4 is 16.4 Å². The highest BCUT2D eigenvalue weighted by Gasteiger charge is 2.21. The topological polar surface area (TPSA) is 108 Å². The Balaban J connectivity index is 1.72. The van der Waals surface area contributed by atoms with Crippen LogP contribution in [0.3, 0.4) is 0 Å². The Kier molecular flexibility index (Phi) is 7.35. The lowest BCUT2D eigenvalue weighted by molar-refractivity contribution is -0.123. The summed E-state index contributed by atoms with van der Waals surface area (Å²) in [6.45, 7) is 6.32. The maximum absolute atomic E-state index is 12.2. The summed E-state index contributed by atoms with van der Waals surface area (Å²) in [4.78, 5) is 39.3. The van der Waals surface area contributed by atoms with Gasteiger partial charge in [0.05, 0.1) is 18.7 Å². The third-order valence-electron chi connectivity index (χ3n) is 3.96. The molecule has 0 unspecified atom stereocenters. The van der Waals surface area contributed by atoms with Crippen molar-refractivity contribution >= 4 is 34.1 Å². The molecule has 1 aromatic rings. The van der Waals surface area contributed by atoms with Gasteiger partial charge in [-0.25, -0.2) is 0 Å². The lowest BCUT2D eigenvalue weighted by atomic mass is 10.3. The van der Waals surface area contributed by atoms with Crippen molar-refractivity contribution in [3.63, 3.8) is 0 Å². The molecule has 0 aliphatic carbocycles. The van der Waals surface area contributed by atoms with Crippen LogP contribution in [-0.2, 0) is 9.59 Å². The van der Waals surface area contributed by atoms with Gasteiger partial charge in [-0.05, 0) is 17.9 Å². The van der Waals surface area contributed by atoms with Crippen molar-refractivity contribution in [2.24, 2.45) is 5.73 Å². The van der Waals surface area contributed by atoms with Crippen LogP contribution in [0.5, 0.6) is 0 Å². The van der Waals surface area contributed by atoms with Crippen LogP contribution in [0.2, 0.25) is 0 Å². The number of nitrogens with one attached hydrogen (secondary N) is 2. The van der Waals surface area contributed by atoms with Crippen molar-refractivity contribution in [3.05, 3.63) is 17.0 Å². The number of hydrogen-bond donors (Lipinski definition) is 3. The fourth-order valence-corrected chi connectivity index (χ4v) is 3.41. The molecule has 0 bridgehead atoms. The van der Waals surface area contributed by atoms with Crippen molar-refractivity contribution in [3.8, 4) is 0 Å². The molecule has 1 saturated heterocycles. The van der Waals surface area contributed by atoms with Crippen LogP contribution in [-0.4, -0.2) is 73.3 Å². The van der Waals surface area contributed by atoms with E-state index >= 15 is 0 Å². The molecule has 0 spiro atoms. The highest BCUT2D eigenvalue weighted by molar-refractivity contribution is 7.14. The second-order valence-electron chi connectivity index (χ2n) is 5.98. The van der Waals surface area contributed by atoms with Crippen LogP contribution in [0.1, 0.15) is 23.7 Å². The molecule has 25 heavy (non-hydrogen) atoms. The minimum Gasteiger partial charge on any atom is -0.366 e. The number of anilines is 1. The average molecular weight is 367 g/mol. The zero-order valence-corrected chi connectivity index (χ0v) is 15.2. The first-order valence-electron chi connectivity index (χ1n) is 8.38. The van der Waals surface area contributed by atoms with E-state index < -0.39 is 5.91 Å². The third kappa shape index (κ3) is 6.11. The Labute approximate surface area is 151 Å². The summed E-state index contributed by atoms with van der Waals surface area (Å²) in [6.07, 6.45) is 0.927. The van der Waals surface area contributed by atoms with E-state index in [1.54, 1.807) is 11.4 Å². The van der Waals surface area contributed by atoms with Gasteiger partial charge in [0.1, 0.15) is 5.00 Å². The number of piperazine rings is 1. The van der Waals surface area contributed by atoms with Crippen LogP contribution >= 0.6 is 11.3 Å². The van der Waals surface area contributed by atoms with Crippen molar-refractivity contribution in [1.29, 1.82) is 0 Å². The fraction of sp³-hybridized carbons (Fsp3) is 0.562. The summed E-state index contributed by atoms with van der Waals surface area (Å²) in [5.41, 5.74) is 5.61. The molecule has 2 heterocycles. The number of nitrogens with zero attached hydrogens (tertiary/aromatic N) is 2. The summed E-state index contributed by atoms with van der Waals surface area (Å²) in [5.74, 6) is -0.671. The van der Waals surface area contributed by atoms with Gasteiger partial charge in [-0.2, -0.15) is 0 Å². The number of amides is 3. The average Bonchev–Trinajstić information content (AvgIpc) is 3.03. The molecular formula is C16H25N5O3S. The van der Waals surface area contributed by atoms with E-state index in [-0.39, 0.29) is 18.4 Å². The third-order valence-corrected chi connectivity index (χ3v) is 4.78. The lowest BCUT2D eigenvalue weighted by Crippen LogP contribution is -2.51. The molecule has 1 aliphatic heterocycles. The maximum Gasteiger partial charge on any atom is 0.251 e. The number of carbonyl (C=O) groups is 3.